The van der Waals surface area contributed by atoms with Gasteiger partial charge in [-0.05, 0) is 80.7 Å². The molecule has 4 rings (SSSR count). The van der Waals surface area contributed by atoms with E-state index < -0.39 is 0 Å². The maximum absolute atomic E-state index is 12.5. The van der Waals surface area contributed by atoms with E-state index >= 15 is 0 Å². The number of pyridine rings is 1. The molecule has 0 saturated carbocycles. The first-order chi connectivity index (χ1) is 15.6. The molecule has 2 aromatic rings. The third kappa shape index (κ3) is 5.52. The number of rotatable bonds is 6. The molecule has 0 spiro atoms. The Hall–Kier alpha value is -2.79. The van der Waals surface area contributed by atoms with Crippen LogP contribution in [0.3, 0.4) is 0 Å². The fraction of sp³-hybridized carbons (Fsp3) is 0.444. The van der Waals surface area contributed by atoms with Crippen molar-refractivity contribution in [3.63, 3.8) is 0 Å². The number of ether oxygens (including phenoxy) is 1. The van der Waals surface area contributed by atoms with E-state index in [-0.39, 0.29) is 17.7 Å². The average molecular weight is 432 g/mol. The molecule has 0 radical (unpaired) electrons. The molecule has 1 aromatic heterocycles. The minimum absolute atomic E-state index is 0.0129. The molecule has 2 aliphatic heterocycles. The summed E-state index contributed by atoms with van der Waals surface area (Å²) in [6.45, 7) is 5.68. The highest BCUT2D eigenvalue weighted by Crippen LogP contribution is 2.34. The van der Waals surface area contributed by atoms with Crippen LogP contribution in [0.5, 0.6) is 0 Å². The smallest absolute Gasteiger partial charge is 0.228 e. The van der Waals surface area contributed by atoms with Crippen LogP contribution in [0.2, 0.25) is 0 Å². The van der Waals surface area contributed by atoms with Crippen LogP contribution < -0.4 is 5.32 Å². The van der Waals surface area contributed by atoms with Crippen LogP contribution in [0.25, 0.3) is 0 Å². The first kappa shape index (κ1) is 22.4. The minimum Gasteiger partial charge on any atom is -0.381 e. The lowest BCUT2D eigenvalue weighted by molar-refractivity contribution is -0.122. The fourth-order valence-corrected chi connectivity index (χ4v) is 4.48. The van der Waals surface area contributed by atoms with Crippen molar-refractivity contribution in [1.29, 1.82) is 0 Å². The Labute approximate surface area is 191 Å². The van der Waals surface area contributed by atoms with Gasteiger partial charge in [0.1, 0.15) is 5.82 Å². The van der Waals surface area contributed by atoms with Gasteiger partial charge in [-0.3, -0.25) is 9.79 Å². The molecule has 1 amide bonds. The predicted octanol–water partition coefficient (Wildman–Crippen LogP) is 5.53. The van der Waals surface area contributed by atoms with Crippen molar-refractivity contribution in [2.24, 2.45) is 10.9 Å². The summed E-state index contributed by atoms with van der Waals surface area (Å²) in [6.07, 6.45) is 11.9. The van der Waals surface area contributed by atoms with Gasteiger partial charge in [-0.2, -0.15) is 0 Å². The van der Waals surface area contributed by atoms with Crippen LogP contribution in [-0.4, -0.2) is 30.3 Å². The number of amides is 1. The first-order valence-corrected chi connectivity index (χ1v) is 11.7. The van der Waals surface area contributed by atoms with Crippen molar-refractivity contribution in [1.82, 2.24) is 4.98 Å². The lowest BCUT2D eigenvalue weighted by Gasteiger charge is -2.22. The molecule has 0 bridgehead atoms. The second-order valence-electron chi connectivity index (χ2n) is 8.84. The zero-order chi connectivity index (χ0) is 22.3. The van der Waals surface area contributed by atoms with E-state index in [1.165, 1.54) is 16.7 Å². The van der Waals surface area contributed by atoms with Crippen LogP contribution in [0.4, 0.5) is 5.82 Å². The molecule has 1 atom stereocenters. The summed E-state index contributed by atoms with van der Waals surface area (Å²) in [5.41, 5.74) is 6.24. The summed E-state index contributed by atoms with van der Waals surface area (Å²) in [5.74, 6) is 0.854. The highest BCUT2D eigenvalue weighted by Gasteiger charge is 2.23. The van der Waals surface area contributed by atoms with E-state index in [1.807, 2.05) is 12.3 Å². The maximum atomic E-state index is 12.5. The average Bonchev–Trinajstić information content (AvgIpc) is 3.11. The summed E-state index contributed by atoms with van der Waals surface area (Å²) < 4.78 is 5.35. The molecule has 1 fully saturated rings. The van der Waals surface area contributed by atoms with Gasteiger partial charge in [0, 0.05) is 43.2 Å². The number of nitrogens with one attached hydrogen (secondary N) is 1. The topological polar surface area (TPSA) is 63.6 Å². The van der Waals surface area contributed by atoms with Crippen molar-refractivity contribution in [3.05, 3.63) is 70.6 Å². The molecule has 1 aromatic carbocycles. The third-order valence-corrected chi connectivity index (χ3v) is 6.62. The van der Waals surface area contributed by atoms with Crippen LogP contribution in [0, 0.1) is 19.8 Å². The standard InChI is InChI=1S/C27H33N3O2/c1-19-7-6-8-23(20(19)2)24(25-9-4-3-5-14-28-25)17-21-10-11-26(29-18-21)30-27(31)22-12-15-32-16-13-22/h6-11,14,18,22,24H,3-5,12-13,15-17H2,1-2H3,(H,29,30,31). The van der Waals surface area contributed by atoms with Crippen LogP contribution in [0.15, 0.2) is 53.3 Å². The van der Waals surface area contributed by atoms with E-state index in [4.69, 9.17) is 9.73 Å². The van der Waals surface area contributed by atoms with Crippen LogP contribution >= 0.6 is 0 Å². The van der Waals surface area contributed by atoms with E-state index in [2.05, 4.69) is 60.7 Å². The van der Waals surface area contributed by atoms with E-state index in [9.17, 15) is 4.79 Å². The highest BCUT2D eigenvalue weighted by atomic mass is 16.5. The number of aryl methyl sites for hydroxylation is 1. The van der Waals surface area contributed by atoms with Gasteiger partial charge >= 0.3 is 0 Å². The number of allylic oxidation sites excluding steroid dienone is 2. The number of anilines is 1. The van der Waals surface area contributed by atoms with E-state index in [0.717, 1.165) is 49.8 Å². The minimum atomic E-state index is 0.0129. The molecular weight excluding hydrogens is 398 g/mol. The monoisotopic (exact) mass is 431 g/mol. The number of nitrogens with zero attached hydrogens (tertiary/aromatic N) is 2. The summed E-state index contributed by atoms with van der Waals surface area (Å²) in [7, 11) is 0. The molecule has 1 N–H and O–H groups in total. The summed E-state index contributed by atoms with van der Waals surface area (Å²) in [4.78, 5) is 21.9. The molecule has 1 unspecified atom stereocenters. The number of carbonyl (C=O) groups excluding carboxylic acids is 1. The largest absolute Gasteiger partial charge is 0.381 e. The summed E-state index contributed by atoms with van der Waals surface area (Å²) in [5, 5.41) is 2.97. The van der Waals surface area contributed by atoms with Crippen molar-refractivity contribution in [3.8, 4) is 0 Å². The molecule has 0 aliphatic carbocycles. The molecule has 3 heterocycles. The van der Waals surface area contributed by atoms with E-state index in [0.29, 0.717) is 19.0 Å². The number of benzene rings is 1. The summed E-state index contributed by atoms with van der Waals surface area (Å²) in [6, 6.07) is 10.5. The second kappa shape index (κ2) is 10.7. The van der Waals surface area contributed by atoms with Gasteiger partial charge < -0.3 is 10.1 Å². The molecule has 1 saturated heterocycles. The SMILES string of the molecule is Cc1cccc(C(Cc2ccc(NC(=O)C3CCOCC3)nc2)C2=CCCCC=N2)c1C. The van der Waals surface area contributed by atoms with Crippen LogP contribution in [0.1, 0.15) is 60.3 Å². The molecule has 2 aliphatic rings. The first-order valence-electron chi connectivity index (χ1n) is 11.7. The Bertz CT molecular complexity index is 988. The van der Waals surface area contributed by atoms with Crippen molar-refractivity contribution in [2.75, 3.05) is 18.5 Å². The van der Waals surface area contributed by atoms with Gasteiger partial charge in [0.15, 0.2) is 0 Å². The molecule has 5 heteroatoms. The zero-order valence-corrected chi connectivity index (χ0v) is 19.1. The quantitative estimate of drug-likeness (QED) is 0.654. The highest BCUT2D eigenvalue weighted by molar-refractivity contribution is 5.91. The third-order valence-electron chi connectivity index (χ3n) is 6.62. The van der Waals surface area contributed by atoms with Gasteiger partial charge in [0.25, 0.3) is 0 Å². The van der Waals surface area contributed by atoms with Gasteiger partial charge in [0.05, 0.1) is 0 Å². The number of aromatic nitrogens is 1. The Kier molecular flexibility index (Phi) is 7.48. The van der Waals surface area contributed by atoms with Gasteiger partial charge in [-0.15, -0.1) is 0 Å². The van der Waals surface area contributed by atoms with Gasteiger partial charge in [-0.25, -0.2) is 4.98 Å². The fourth-order valence-electron chi connectivity index (χ4n) is 4.48. The number of hydrogen-bond donors (Lipinski definition) is 1. The molecular formula is C27H33N3O2. The number of carbonyl (C=O) groups is 1. The normalized spacial score (nSPS) is 18.0. The second-order valence-corrected chi connectivity index (χ2v) is 8.84. The lowest BCUT2D eigenvalue weighted by Crippen LogP contribution is -2.28. The summed E-state index contributed by atoms with van der Waals surface area (Å²) >= 11 is 0. The zero-order valence-electron chi connectivity index (χ0n) is 19.1. The van der Waals surface area contributed by atoms with Crippen molar-refractivity contribution < 1.29 is 9.53 Å². The Morgan fingerprint density at radius 1 is 1.16 bits per heavy atom. The van der Waals surface area contributed by atoms with Gasteiger partial charge in [-0.1, -0.05) is 30.3 Å². The van der Waals surface area contributed by atoms with Crippen LogP contribution in [-0.2, 0) is 16.0 Å². The Balaban J connectivity index is 1.52. The van der Waals surface area contributed by atoms with Crippen molar-refractivity contribution in [2.45, 2.75) is 58.3 Å². The molecule has 32 heavy (non-hydrogen) atoms. The predicted molar refractivity (Wildman–Crippen MR) is 129 cm³/mol. The number of hydrogen-bond acceptors (Lipinski definition) is 4. The Morgan fingerprint density at radius 2 is 2.00 bits per heavy atom. The maximum Gasteiger partial charge on any atom is 0.228 e. The lowest BCUT2D eigenvalue weighted by atomic mass is 9.85. The van der Waals surface area contributed by atoms with Gasteiger partial charge in [0.2, 0.25) is 5.91 Å². The van der Waals surface area contributed by atoms with E-state index in [1.54, 1.807) is 0 Å². The molecule has 168 valence electrons. The Morgan fingerprint density at radius 3 is 2.78 bits per heavy atom. The molecule has 5 nitrogen and oxygen atoms in total. The van der Waals surface area contributed by atoms with Crippen molar-refractivity contribution >= 4 is 17.9 Å². The number of aliphatic imine (C=N–C) groups is 1.